The Bertz CT molecular complexity index is 1340. The molecule has 8 nitrogen and oxygen atoms in total. The van der Waals surface area contributed by atoms with Crippen molar-refractivity contribution in [2.24, 2.45) is 11.7 Å². The third-order valence-electron chi connectivity index (χ3n) is 7.54. The normalized spacial score (nSPS) is 13.5. The summed E-state index contributed by atoms with van der Waals surface area (Å²) in [6.07, 6.45) is 4.61. The molecule has 0 saturated carbocycles. The van der Waals surface area contributed by atoms with Crippen LogP contribution in [0, 0.1) is 5.92 Å². The second-order valence-corrected chi connectivity index (χ2v) is 10.8. The van der Waals surface area contributed by atoms with Gasteiger partial charge >= 0.3 is 0 Å². The molecule has 3 aromatic carbocycles. The third-order valence-corrected chi connectivity index (χ3v) is 7.54. The van der Waals surface area contributed by atoms with Gasteiger partial charge in [0.1, 0.15) is 12.1 Å². The topological polar surface area (TPSA) is 105 Å². The molecular formula is C34H44N4O4. The number of carbonyl (C=O) groups excluding carboxylic acids is 3. The smallest absolute Gasteiger partial charge is 0.246 e. The van der Waals surface area contributed by atoms with Crippen LogP contribution in [0.4, 0.5) is 0 Å². The number of rotatable bonds is 15. The minimum absolute atomic E-state index is 0.246. The zero-order valence-electron chi connectivity index (χ0n) is 25.2. The lowest BCUT2D eigenvalue weighted by Crippen LogP contribution is -2.56. The summed E-state index contributed by atoms with van der Waals surface area (Å²) in [7, 11) is 4.84. The molecule has 0 heterocycles. The first-order valence-electron chi connectivity index (χ1n) is 14.4. The summed E-state index contributed by atoms with van der Waals surface area (Å²) < 4.78 is 5.09. The summed E-state index contributed by atoms with van der Waals surface area (Å²) in [6.45, 7) is 3.23. The summed E-state index contributed by atoms with van der Waals surface area (Å²) in [4.78, 5) is 43.9. The number of methoxy groups -OCH3 is 1. The maximum absolute atomic E-state index is 14.2. The lowest BCUT2D eigenvalue weighted by atomic mass is 9.98. The van der Waals surface area contributed by atoms with Gasteiger partial charge in [0.05, 0.1) is 6.61 Å². The average molecular weight is 573 g/mol. The molecule has 3 rings (SSSR count). The fourth-order valence-corrected chi connectivity index (χ4v) is 4.77. The number of ether oxygens (including phenoxy) is 1. The molecule has 0 spiro atoms. The number of nitrogens with two attached hydrogens (primary N) is 1. The first-order valence-corrected chi connectivity index (χ1v) is 14.4. The molecule has 0 saturated heterocycles. The summed E-state index contributed by atoms with van der Waals surface area (Å²) >= 11 is 0. The zero-order chi connectivity index (χ0) is 30.5. The molecule has 0 aliphatic heterocycles. The highest BCUT2D eigenvalue weighted by molar-refractivity contribution is 5.95. The second kappa shape index (κ2) is 16.4. The number of nitrogens with one attached hydrogen (secondary N) is 1. The second-order valence-electron chi connectivity index (χ2n) is 10.8. The van der Waals surface area contributed by atoms with Gasteiger partial charge in [0.15, 0.2) is 0 Å². The molecule has 8 heteroatoms. The molecule has 0 radical (unpaired) electrons. The van der Waals surface area contributed by atoms with Crippen LogP contribution in [-0.4, -0.2) is 80.5 Å². The van der Waals surface area contributed by atoms with Crippen molar-refractivity contribution in [2.75, 3.05) is 40.9 Å². The maximum atomic E-state index is 14.2. The number of amides is 3. The van der Waals surface area contributed by atoms with E-state index in [0.29, 0.717) is 39.0 Å². The molecule has 42 heavy (non-hydrogen) atoms. The van der Waals surface area contributed by atoms with E-state index < -0.39 is 12.1 Å². The average Bonchev–Trinajstić information content (AvgIpc) is 3.01. The van der Waals surface area contributed by atoms with Gasteiger partial charge in [-0.05, 0) is 46.9 Å². The monoisotopic (exact) mass is 572 g/mol. The standard InChI is InChI=1S/C34H44N4O4/c1-25(24-35)11-10-16-32(39)37(2)31(23-27-17-18-28-14-8-9-15-29(28)21-27)34(41)38(3)30(33(40)36-19-20-42-4)22-26-12-6-5-7-13-26/h5-10,12-18,21,25,30-31H,11,19-20,22-24,35H2,1-4H3,(H,36,40)/t25?,30-,31-/m1/s1. The first-order chi connectivity index (χ1) is 20.2. The number of allylic oxidation sites excluding steroid dienone is 1. The van der Waals surface area contributed by atoms with Gasteiger partial charge in [-0.15, -0.1) is 0 Å². The van der Waals surface area contributed by atoms with Crippen LogP contribution in [0.3, 0.4) is 0 Å². The molecule has 0 aliphatic rings. The molecule has 224 valence electrons. The van der Waals surface area contributed by atoms with E-state index in [0.717, 1.165) is 21.9 Å². The van der Waals surface area contributed by atoms with Crippen molar-refractivity contribution in [3.8, 4) is 0 Å². The number of hydrogen-bond donors (Lipinski definition) is 2. The van der Waals surface area contributed by atoms with E-state index in [1.165, 1.54) is 15.9 Å². The number of carbonyl (C=O) groups is 3. The van der Waals surface area contributed by atoms with Crippen molar-refractivity contribution in [3.05, 3.63) is 96.1 Å². The molecule has 3 N–H and O–H groups in total. The van der Waals surface area contributed by atoms with Crippen molar-refractivity contribution in [3.63, 3.8) is 0 Å². The molecule has 1 unspecified atom stereocenters. The van der Waals surface area contributed by atoms with E-state index in [9.17, 15) is 14.4 Å². The van der Waals surface area contributed by atoms with E-state index in [1.807, 2.05) is 79.7 Å². The lowest BCUT2D eigenvalue weighted by Gasteiger charge is -2.34. The number of benzene rings is 3. The van der Waals surface area contributed by atoms with Gasteiger partial charge < -0.3 is 25.6 Å². The summed E-state index contributed by atoms with van der Waals surface area (Å²) in [5.41, 5.74) is 7.57. The summed E-state index contributed by atoms with van der Waals surface area (Å²) in [5.74, 6) is -0.627. The van der Waals surface area contributed by atoms with Crippen LogP contribution >= 0.6 is 0 Å². The highest BCUT2D eigenvalue weighted by Gasteiger charge is 2.34. The highest BCUT2D eigenvalue weighted by Crippen LogP contribution is 2.20. The molecule has 3 aromatic rings. The largest absolute Gasteiger partial charge is 0.383 e. The molecule has 0 fully saturated rings. The Morgan fingerprint density at radius 1 is 0.881 bits per heavy atom. The summed E-state index contributed by atoms with van der Waals surface area (Å²) in [6, 6.07) is 22.1. The predicted molar refractivity (Wildman–Crippen MR) is 168 cm³/mol. The quantitative estimate of drug-likeness (QED) is 0.214. The van der Waals surface area contributed by atoms with Crippen molar-refractivity contribution in [1.29, 1.82) is 0 Å². The molecule has 0 aliphatic carbocycles. The van der Waals surface area contributed by atoms with Gasteiger partial charge in [0.2, 0.25) is 17.7 Å². The summed E-state index contributed by atoms with van der Waals surface area (Å²) in [5, 5.41) is 5.03. The zero-order valence-corrected chi connectivity index (χ0v) is 25.2. The van der Waals surface area contributed by atoms with E-state index in [4.69, 9.17) is 10.5 Å². The van der Waals surface area contributed by atoms with Crippen LogP contribution in [-0.2, 0) is 32.0 Å². The predicted octanol–water partition coefficient (Wildman–Crippen LogP) is 3.58. The van der Waals surface area contributed by atoms with Crippen LogP contribution < -0.4 is 11.1 Å². The molecule has 0 bridgehead atoms. The fourth-order valence-electron chi connectivity index (χ4n) is 4.77. The van der Waals surface area contributed by atoms with E-state index in [2.05, 4.69) is 5.32 Å². The third kappa shape index (κ3) is 9.26. The molecule has 3 amide bonds. The van der Waals surface area contributed by atoms with Gasteiger partial charge in [0.25, 0.3) is 0 Å². The Morgan fingerprint density at radius 2 is 1.55 bits per heavy atom. The SMILES string of the molecule is COCCNC(=O)[C@@H](Cc1ccccc1)N(C)C(=O)[C@@H](Cc1ccc2ccccc2c1)N(C)C(=O)C=CCC(C)CN. The van der Waals surface area contributed by atoms with E-state index in [-0.39, 0.29) is 23.6 Å². The van der Waals surface area contributed by atoms with Crippen molar-refractivity contribution < 1.29 is 19.1 Å². The van der Waals surface area contributed by atoms with Gasteiger partial charge in [-0.25, -0.2) is 0 Å². The first kappa shape index (κ1) is 32.5. The molecule has 0 aromatic heterocycles. The van der Waals surface area contributed by atoms with Crippen LogP contribution in [0.15, 0.2) is 84.9 Å². The maximum Gasteiger partial charge on any atom is 0.246 e. The Morgan fingerprint density at radius 3 is 2.24 bits per heavy atom. The Hall–Kier alpha value is -4.01. The Balaban J connectivity index is 1.92. The Labute approximate surface area is 249 Å². The number of likely N-dealkylation sites (N-methyl/N-ethyl adjacent to an activating group) is 2. The van der Waals surface area contributed by atoms with Crippen LogP contribution in [0.2, 0.25) is 0 Å². The minimum atomic E-state index is -0.828. The number of hydrogen-bond acceptors (Lipinski definition) is 5. The minimum Gasteiger partial charge on any atom is -0.383 e. The number of fused-ring (bicyclic) bond motifs is 1. The van der Waals surface area contributed by atoms with Crippen LogP contribution in [0.25, 0.3) is 10.8 Å². The van der Waals surface area contributed by atoms with Gasteiger partial charge in [0, 0.05) is 40.6 Å². The lowest BCUT2D eigenvalue weighted by molar-refractivity contribution is -0.146. The van der Waals surface area contributed by atoms with Gasteiger partial charge in [-0.1, -0.05) is 85.8 Å². The van der Waals surface area contributed by atoms with E-state index in [1.54, 1.807) is 27.3 Å². The van der Waals surface area contributed by atoms with Crippen LogP contribution in [0.5, 0.6) is 0 Å². The van der Waals surface area contributed by atoms with Gasteiger partial charge in [-0.2, -0.15) is 0 Å². The molecular weight excluding hydrogens is 528 g/mol. The van der Waals surface area contributed by atoms with E-state index >= 15 is 0 Å². The fraction of sp³-hybridized carbons (Fsp3) is 0.382. The highest BCUT2D eigenvalue weighted by atomic mass is 16.5. The van der Waals surface area contributed by atoms with Gasteiger partial charge in [-0.3, -0.25) is 14.4 Å². The van der Waals surface area contributed by atoms with Crippen molar-refractivity contribution in [1.82, 2.24) is 15.1 Å². The van der Waals surface area contributed by atoms with Crippen molar-refractivity contribution in [2.45, 2.75) is 38.3 Å². The Kier molecular flexibility index (Phi) is 12.7. The molecule has 3 atom stereocenters. The number of nitrogens with zero attached hydrogens (tertiary/aromatic N) is 2. The van der Waals surface area contributed by atoms with Crippen LogP contribution in [0.1, 0.15) is 24.5 Å². The van der Waals surface area contributed by atoms with Crippen molar-refractivity contribution >= 4 is 28.5 Å².